The molecule has 0 aliphatic carbocycles. The van der Waals surface area contributed by atoms with Gasteiger partial charge in [0.05, 0.1) is 19.3 Å². The Morgan fingerprint density at radius 1 is 1.09 bits per heavy atom. The molecule has 23 heavy (non-hydrogen) atoms. The summed E-state index contributed by atoms with van der Waals surface area (Å²) in [6.07, 6.45) is 0. The normalized spacial score (nSPS) is 10.3. The van der Waals surface area contributed by atoms with Gasteiger partial charge in [-0.3, -0.25) is 0 Å². The van der Waals surface area contributed by atoms with Crippen LogP contribution in [0.25, 0.3) is 0 Å². The molecule has 0 saturated carbocycles. The first-order chi connectivity index (χ1) is 11.0. The molecular formula is C17H16Cl2O4. The first-order valence-corrected chi connectivity index (χ1v) is 7.72. The van der Waals surface area contributed by atoms with Crippen molar-refractivity contribution in [2.75, 3.05) is 13.7 Å². The molecule has 0 fully saturated rings. The van der Waals surface area contributed by atoms with Crippen LogP contribution in [-0.4, -0.2) is 19.7 Å². The minimum absolute atomic E-state index is 0.255. The molecule has 2 rings (SSSR count). The molecule has 4 nitrogen and oxygen atoms in total. The highest BCUT2D eigenvalue weighted by Gasteiger charge is 2.12. The van der Waals surface area contributed by atoms with Gasteiger partial charge in [-0.1, -0.05) is 29.3 Å². The van der Waals surface area contributed by atoms with E-state index >= 15 is 0 Å². The summed E-state index contributed by atoms with van der Waals surface area (Å²) >= 11 is 12.0. The second-order valence-corrected chi connectivity index (χ2v) is 5.45. The third kappa shape index (κ3) is 4.53. The van der Waals surface area contributed by atoms with Crippen LogP contribution in [0.15, 0.2) is 36.4 Å². The molecular weight excluding hydrogens is 339 g/mol. The lowest BCUT2D eigenvalue weighted by atomic mass is 10.2. The van der Waals surface area contributed by atoms with Crippen molar-refractivity contribution in [3.05, 3.63) is 57.6 Å². The standard InChI is InChI=1S/C17H16Cl2O4/c1-3-22-17(20)11-5-7-15(16(8-11)21-2)23-10-12-4-6-13(18)9-14(12)19/h4-9H,3,10H2,1-2H3. The van der Waals surface area contributed by atoms with Crippen LogP contribution < -0.4 is 9.47 Å². The molecule has 6 heteroatoms. The van der Waals surface area contributed by atoms with Crippen molar-refractivity contribution < 1.29 is 19.0 Å². The molecule has 0 amide bonds. The summed E-state index contributed by atoms with van der Waals surface area (Å²) in [5.41, 5.74) is 1.20. The number of esters is 1. The van der Waals surface area contributed by atoms with Crippen molar-refractivity contribution in [1.29, 1.82) is 0 Å². The van der Waals surface area contributed by atoms with Gasteiger partial charge in [0.25, 0.3) is 0 Å². The van der Waals surface area contributed by atoms with E-state index in [-0.39, 0.29) is 6.61 Å². The largest absolute Gasteiger partial charge is 0.493 e. The third-order valence-corrected chi connectivity index (χ3v) is 3.66. The number of rotatable bonds is 6. The van der Waals surface area contributed by atoms with E-state index in [1.54, 1.807) is 43.3 Å². The lowest BCUT2D eigenvalue weighted by molar-refractivity contribution is 0.0526. The molecule has 0 heterocycles. The summed E-state index contributed by atoms with van der Waals surface area (Å²) in [7, 11) is 1.51. The first-order valence-electron chi connectivity index (χ1n) is 6.97. The Morgan fingerprint density at radius 3 is 2.52 bits per heavy atom. The number of methoxy groups -OCH3 is 1. The van der Waals surface area contributed by atoms with E-state index in [9.17, 15) is 4.79 Å². The van der Waals surface area contributed by atoms with Crippen LogP contribution in [0, 0.1) is 0 Å². The van der Waals surface area contributed by atoms with Gasteiger partial charge < -0.3 is 14.2 Å². The Kier molecular flexibility index (Phi) is 6.13. The second-order valence-electron chi connectivity index (χ2n) is 4.61. The second kappa shape index (κ2) is 8.09. The first kappa shape index (κ1) is 17.4. The highest BCUT2D eigenvalue weighted by atomic mass is 35.5. The number of hydrogen-bond donors (Lipinski definition) is 0. The van der Waals surface area contributed by atoms with Gasteiger partial charge in [0.2, 0.25) is 0 Å². The number of carbonyl (C=O) groups is 1. The van der Waals surface area contributed by atoms with Crippen LogP contribution in [-0.2, 0) is 11.3 Å². The number of carbonyl (C=O) groups excluding carboxylic acids is 1. The fourth-order valence-corrected chi connectivity index (χ4v) is 2.39. The molecule has 0 bridgehead atoms. The molecule has 0 unspecified atom stereocenters. The summed E-state index contributed by atoms with van der Waals surface area (Å²) in [6, 6.07) is 10.1. The molecule has 0 spiro atoms. The van der Waals surface area contributed by atoms with Crippen molar-refractivity contribution in [2.45, 2.75) is 13.5 Å². The van der Waals surface area contributed by atoms with Crippen molar-refractivity contribution in [2.24, 2.45) is 0 Å². The fraction of sp³-hybridized carbons (Fsp3) is 0.235. The van der Waals surface area contributed by atoms with E-state index in [1.807, 2.05) is 0 Å². The van der Waals surface area contributed by atoms with E-state index < -0.39 is 5.97 Å². The van der Waals surface area contributed by atoms with Crippen molar-refractivity contribution in [3.8, 4) is 11.5 Å². The molecule has 0 radical (unpaired) electrons. The van der Waals surface area contributed by atoms with Crippen LogP contribution in [0.5, 0.6) is 11.5 Å². The maximum atomic E-state index is 11.7. The quantitative estimate of drug-likeness (QED) is 0.701. The number of hydrogen-bond acceptors (Lipinski definition) is 4. The number of benzene rings is 2. The molecule has 0 atom stereocenters. The molecule has 0 aromatic heterocycles. The predicted octanol–water partition coefficient (Wildman–Crippen LogP) is 4.76. The Hall–Kier alpha value is -1.91. The maximum absolute atomic E-state index is 11.7. The average molecular weight is 355 g/mol. The van der Waals surface area contributed by atoms with Gasteiger partial charge in [0, 0.05) is 15.6 Å². The Morgan fingerprint density at radius 2 is 1.87 bits per heavy atom. The van der Waals surface area contributed by atoms with Crippen LogP contribution in [0.1, 0.15) is 22.8 Å². The topological polar surface area (TPSA) is 44.8 Å². The Labute approximate surface area is 144 Å². The van der Waals surface area contributed by atoms with Crippen LogP contribution in [0.4, 0.5) is 0 Å². The SMILES string of the molecule is CCOC(=O)c1ccc(OCc2ccc(Cl)cc2Cl)c(OC)c1. The lowest BCUT2D eigenvalue weighted by Crippen LogP contribution is -2.05. The van der Waals surface area contributed by atoms with Gasteiger partial charge in [-0.15, -0.1) is 0 Å². The van der Waals surface area contributed by atoms with E-state index in [1.165, 1.54) is 7.11 Å². The van der Waals surface area contributed by atoms with Gasteiger partial charge in [0.15, 0.2) is 11.5 Å². The van der Waals surface area contributed by atoms with Gasteiger partial charge in [-0.05, 0) is 37.3 Å². The van der Waals surface area contributed by atoms with Gasteiger partial charge >= 0.3 is 5.97 Å². The number of halogens is 2. The van der Waals surface area contributed by atoms with E-state index in [0.29, 0.717) is 33.7 Å². The molecule has 0 aliphatic rings. The van der Waals surface area contributed by atoms with Crippen molar-refractivity contribution in [1.82, 2.24) is 0 Å². The molecule has 122 valence electrons. The summed E-state index contributed by atoms with van der Waals surface area (Å²) in [4.78, 5) is 11.7. The maximum Gasteiger partial charge on any atom is 0.338 e. The van der Waals surface area contributed by atoms with Crippen LogP contribution >= 0.6 is 23.2 Å². The lowest BCUT2D eigenvalue weighted by Gasteiger charge is -2.12. The molecule has 0 N–H and O–H groups in total. The fourth-order valence-electron chi connectivity index (χ4n) is 1.92. The predicted molar refractivity (Wildman–Crippen MR) is 89.7 cm³/mol. The monoisotopic (exact) mass is 354 g/mol. The van der Waals surface area contributed by atoms with Gasteiger partial charge in [-0.2, -0.15) is 0 Å². The van der Waals surface area contributed by atoms with Gasteiger partial charge in [-0.25, -0.2) is 4.79 Å². The zero-order chi connectivity index (χ0) is 16.8. The minimum atomic E-state index is -0.405. The zero-order valence-electron chi connectivity index (χ0n) is 12.8. The summed E-state index contributed by atoms with van der Waals surface area (Å²) in [5, 5.41) is 1.09. The minimum Gasteiger partial charge on any atom is -0.493 e. The van der Waals surface area contributed by atoms with Crippen LogP contribution in [0.3, 0.4) is 0 Å². The summed E-state index contributed by atoms with van der Waals surface area (Å²) < 4.78 is 15.9. The average Bonchev–Trinajstić information content (AvgIpc) is 2.54. The smallest absolute Gasteiger partial charge is 0.338 e. The highest BCUT2D eigenvalue weighted by molar-refractivity contribution is 6.35. The summed E-state index contributed by atoms with van der Waals surface area (Å²) in [5.74, 6) is 0.547. The van der Waals surface area contributed by atoms with E-state index in [4.69, 9.17) is 37.4 Å². The van der Waals surface area contributed by atoms with E-state index in [0.717, 1.165) is 5.56 Å². The van der Waals surface area contributed by atoms with Crippen molar-refractivity contribution >= 4 is 29.2 Å². The highest BCUT2D eigenvalue weighted by Crippen LogP contribution is 2.30. The van der Waals surface area contributed by atoms with E-state index in [2.05, 4.69) is 0 Å². The summed E-state index contributed by atoms with van der Waals surface area (Å²) in [6.45, 7) is 2.32. The Bertz CT molecular complexity index is 701. The molecule has 0 saturated heterocycles. The molecule has 0 aliphatic heterocycles. The van der Waals surface area contributed by atoms with Gasteiger partial charge in [0.1, 0.15) is 6.61 Å². The van der Waals surface area contributed by atoms with Crippen LogP contribution in [0.2, 0.25) is 10.0 Å². The molecule has 2 aromatic carbocycles. The third-order valence-electron chi connectivity index (χ3n) is 3.07. The number of ether oxygens (including phenoxy) is 3. The Balaban J connectivity index is 2.14. The molecule has 2 aromatic rings. The van der Waals surface area contributed by atoms with Crippen molar-refractivity contribution in [3.63, 3.8) is 0 Å². The zero-order valence-corrected chi connectivity index (χ0v) is 14.3.